The van der Waals surface area contributed by atoms with Gasteiger partial charge in [-0.05, 0) is 23.8 Å². The van der Waals surface area contributed by atoms with Crippen LogP contribution in [-0.2, 0) is 16.6 Å². The van der Waals surface area contributed by atoms with Crippen molar-refractivity contribution in [1.29, 1.82) is 0 Å². The number of hydrogen-bond donors (Lipinski definition) is 1. The smallest absolute Gasteiger partial charge is 0.202 e. The summed E-state index contributed by atoms with van der Waals surface area (Å²) in [5.74, 6) is 0.710. The van der Waals surface area contributed by atoms with Crippen LogP contribution < -0.4 is 4.72 Å². The lowest BCUT2D eigenvalue weighted by Crippen LogP contribution is -2.39. The number of rotatable bonds is 7. The molecule has 4 nitrogen and oxygen atoms in total. The van der Waals surface area contributed by atoms with E-state index in [1.165, 1.54) is 24.0 Å². The van der Waals surface area contributed by atoms with Gasteiger partial charge in [0.1, 0.15) is 0 Å². The quantitative estimate of drug-likeness (QED) is 0.831. The van der Waals surface area contributed by atoms with Crippen molar-refractivity contribution < 1.29 is 8.42 Å². The molecule has 0 heterocycles. The molecule has 0 amide bonds. The molecule has 0 aliphatic carbocycles. The van der Waals surface area contributed by atoms with Gasteiger partial charge in [0.05, 0.1) is 0 Å². The van der Waals surface area contributed by atoms with Crippen LogP contribution >= 0.6 is 0 Å². The maximum atomic E-state index is 11.7. The van der Waals surface area contributed by atoms with E-state index in [2.05, 4.69) is 30.7 Å². The van der Waals surface area contributed by atoms with Crippen LogP contribution in [0.1, 0.15) is 19.4 Å². The standard InChI is InChI=1S/C14H24N2O2S/c1-12(2)14(10-13-8-6-5-7-9-13)11-15-19(17,18)16(3)4/h5-9,12,14-15H,10-11H2,1-4H3/t14-/m0/s1. The number of nitrogens with zero attached hydrogens (tertiary/aromatic N) is 1. The molecule has 0 spiro atoms. The SMILES string of the molecule is CC(C)[C@H](CNS(=O)(=O)N(C)C)Cc1ccccc1. The van der Waals surface area contributed by atoms with Crippen LogP contribution in [0.2, 0.25) is 0 Å². The van der Waals surface area contributed by atoms with Gasteiger partial charge in [-0.3, -0.25) is 0 Å². The van der Waals surface area contributed by atoms with Crippen LogP contribution in [0.25, 0.3) is 0 Å². The summed E-state index contributed by atoms with van der Waals surface area (Å²) in [6.45, 7) is 4.71. The van der Waals surface area contributed by atoms with E-state index in [0.717, 1.165) is 6.42 Å². The maximum Gasteiger partial charge on any atom is 0.278 e. The van der Waals surface area contributed by atoms with Crippen molar-refractivity contribution in [3.63, 3.8) is 0 Å². The van der Waals surface area contributed by atoms with E-state index < -0.39 is 10.2 Å². The second kappa shape index (κ2) is 7.03. The maximum absolute atomic E-state index is 11.7. The first-order valence-electron chi connectivity index (χ1n) is 6.54. The Hall–Kier alpha value is -0.910. The first-order valence-corrected chi connectivity index (χ1v) is 7.98. The molecular formula is C14H24N2O2S. The molecule has 5 heteroatoms. The third kappa shape index (κ3) is 5.30. The minimum atomic E-state index is -3.34. The average molecular weight is 284 g/mol. The molecule has 19 heavy (non-hydrogen) atoms. The summed E-state index contributed by atoms with van der Waals surface area (Å²) in [6.07, 6.45) is 0.883. The molecule has 0 saturated heterocycles. The van der Waals surface area contributed by atoms with Gasteiger partial charge in [-0.2, -0.15) is 12.7 Å². The first kappa shape index (κ1) is 16.1. The molecule has 1 aromatic rings. The second-order valence-electron chi connectivity index (χ2n) is 5.33. The minimum absolute atomic E-state index is 0.289. The molecule has 108 valence electrons. The molecular weight excluding hydrogens is 260 g/mol. The van der Waals surface area contributed by atoms with E-state index in [9.17, 15) is 8.42 Å². The summed E-state index contributed by atoms with van der Waals surface area (Å²) in [5.41, 5.74) is 1.24. The summed E-state index contributed by atoms with van der Waals surface area (Å²) in [7, 11) is -0.272. The zero-order valence-corrected chi connectivity index (χ0v) is 12.9. The molecule has 1 N–H and O–H groups in total. The lowest BCUT2D eigenvalue weighted by molar-refractivity contribution is 0.375. The molecule has 1 rings (SSSR count). The third-order valence-corrected chi connectivity index (χ3v) is 4.79. The van der Waals surface area contributed by atoms with Gasteiger partial charge >= 0.3 is 0 Å². The topological polar surface area (TPSA) is 49.4 Å². The van der Waals surface area contributed by atoms with Crippen molar-refractivity contribution in [3.8, 4) is 0 Å². The molecule has 0 radical (unpaired) electrons. The van der Waals surface area contributed by atoms with Crippen LogP contribution in [0.15, 0.2) is 30.3 Å². The van der Waals surface area contributed by atoms with E-state index in [0.29, 0.717) is 12.5 Å². The second-order valence-corrected chi connectivity index (χ2v) is 7.30. The van der Waals surface area contributed by atoms with Crippen LogP contribution in [0, 0.1) is 11.8 Å². The van der Waals surface area contributed by atoms with Gasteiger partial charge in [0.2, 0.25) is 0 Å². The van der Waals surface area contributed by atoms with Crippen molar-refractivity contribution in [2.45, 2.75) is 20.3 Å². The summed E-state index contributed by atoms with van der Waals surface area (Å²) < 4.78 is 27.3. The highest BCUT2D eigenvalue weighted by molar-refractivity contribution is 7.87. The Balaban J connectivity index is 2.65. The van der Waals surface area contributed by atoms with E-state index >= 15 is 0 Å². The number of nitrogens with one attached hydrogen (secondary N) is 1. The minimum Gasteiger partial charge on any atom is -0.202 e. The predicted molar refractivity (Wildman–Crippen MR) is 79.1 cm³/mol. The lowest BCUT2D eigenvalue weighted by atomic mass is 9.89. The summed E-state index contributed by atoms with van der Waals surface area (Å²) in [4.78, 5) is 0. The number of benzene rings is 1. The van der Waals surface area contributed by atoms with Gasteiger partial charge < -0.3 is 0 Å². The fourth-order valence-corrected chi connectivity index (χ4v) is 2.48. The molecule has 0 fully saturated rings. The Morgan fingerprint density at radius 3 is 2.21 bits per heavy atom. The van der Waals surface area contributed by atoms with Crippen molar-refractivity contribution in [3.05, 3.63) is 35.9 Å². The third-order valence-electron chi connectivity index (χ3n) is 3.29. The largest absolute Gasteiger partial charge is 0.278 e. The van der Waals surface area contributed by atoms with E-state index in [1.807, 2.05) is 18.2 Å². The van der Waals surface area contributed by atoms with Gasteiger partial charge in [0, 0.05) is 20.6 Å². The van der Waals surface area contributed by atoms with Gasteiger partial charge in [-0.25, -0.2) is 4.72 Å². The van der Waals surface area contributed by atoms with E-state index in [-0.39, 0.29) is 5.92 Å². The van der Waals surface area contributed by atoms with Crippen LogP contribution in [0.3, 0.4) is 0 Å². The van der Waals surface area contributed by atoms with Crippen LogP contribution in [0.5, 0.6) is 0 Å². The molecule has 0 aliphatic rings. The molecule has 0 unspecified atom stereocenters. The molecule has 0 saturated carbocycles. The Kier molecular flexibility index (Phi) is 5.97. The molecule has 1 atom stereocenters. The zero-order chi connectivity index (χ0) is 14.5. The monoisotopic (exact) mass is 284 g/mol. The molecule has 1 aromatic carbocycles. The highest BCUT2D eigenvalue weighted by Crippen LogP contribution is 2.16. The summed E-state index contributed by atoms with van der Waals surface area (Å²) in [5, 5.41) is 0. The van der Waals surface area contributed by atoms with Crippen LogP contribution in [0.4, 0.5) is 0 Å². The normalized spacial score (nSPS) is 14.0. The van der Waals surface area contributed by atoms with Crippen molar-refractivity contribution >= 4 is 10.2 Å². The van der Waals surface area contributed by atoms with E-state index in [4.69, 9.17) is 0 Å². The lowest BCUT2D eigenvalue weighted by Gasteiger charge is -2.22. The van der Waals surface area contributed by atoms with Crippen molar-refractivity contribution in [2.75, 3.05) is 20.6 Å². The summed E-state index contributed by atoms with van der Waals surface area (Å²) >= 11 is 0. The van der Waals surface area contributed by atoms with Gasteiger partial charge in [-0.15, -0.1) is 0 Å². The Morgan fingerprint density at radius 1 is 1.16 bits per heavy atom. The Morgan fingerprint density at radius 2 is 1.74 bits per heavy atom. The highest BCUT2D eigenvalue weighted by atomic mass is 32.2. The Labute approximate surface area is 117 Å². The predicted octanol–water partition coefficient (Wildman–Crippen LogP) is 1.90. The highest BCUT2D eigenvalue weighted by Gasteiger charge is 2.19. The molecule has 0 bridgehead atoms. The fourth-order valence-electron chi connectivity index (χ4n) is 1.80. The first-order chi connectivity index (χ1) is 8.83. The zero-order valence-electron chi connectivity index (χ0n) is 12.1. The molecule has 0 aromatic heterocycles. The van der Waals surface area contributed by atoms with E-state index in [1.54, 1.807) is 0 Å². The van der Waals surface area contributed by atoms with Crippen molar-refractivity contribution in [2.24, 2.45) is 11.8 Å². The Bertz CT molecular complexity index is 469. The number of hydrogen-bond acceptors (Lipinski definition) is 2. The van der Waals surface area contributed by atoms with Gasteiger partial charge in [0.25, 0.3) is 10.2 Å². The average Bonchev–Trinajstić information content (AvgIpc) is 2.35. The van der Waals surface area contributed by atoms with Crippen molar-refractivity contribution in [1.82, 2.24) is 9.03 Å². The van der Waals surface area contributed by atoms with Gasteiger partial charge in [-0.1, -0.05) is 44.2 Å². The van der Waals surface area contributed by atoms with Gasteiger partial charge in [0.15, 0.2) is 0 Å². The van der Waals surface area contributed by atoms with Crippen LogP contribution in [-0.4, -0.2) is 33.4 Å². The summed E-state index contributed by atoms with van der Waals surface area (Å²) in [6, 6.07) is 10.2. The molecule has 0 aliphatic heterocycles. The fraction of sp³-hybridized carbons (Fsp3) is 0.571.